The second kappa shape index (κ2) is 5.83. The van der Waals surface area contributed by atoms with Gasteiger partial charge < -0.3 is 0 Å². The third kappa shape index (κ3) is 2.80. The van der Waals surface area contributed by atoms with Crippen LogP contribution >= 0.6 is 0 Å². The molecular weight excluding hydrogens is 240 g/mol. The van der Waals surface area contributed by atoms with Gasteiger partial charge in [0.25, 0.3) is 0 Å². The molecule has 0 aliphatic heterocycles. The van der Waals surface area contributed by atoms with Gasteiger partial charge in [0.2, 0.25) is 0 Å². The van der Waals surface area contributed by atoms with Crippen molar-refractivity contribution in [3.8, 4) is 0 Å². The summed E-state index contributed by atoms with van der Waals surface area (Å²) in [6.45, 7) is 4.43. The average Bonchev–Trinajstić information content (AvgIpc) is 2.51. The number of rotatable bonds is 2. The van der Waals surface area contributed by atoms with Crippen molar-refractivity contribution >= 4 is 0 Å². The molecule has 0 bridgehead atoms. The van der Waals surface area contributed by atoms with Crippen LogP contribution < -0.4 is 0 Å². The molecule has 1 saturated carbocycles. The molecular formula is C20H24. The van der Waals surface area contributed by atoms with E-state index in [1.807, 2.05) is 0 Å². The van der Waals surface area contributed by atoms with Gasteiger partial charge in [-0.05, 0) is 73.6 Å². The van der Waals surface area contributed by atoms with Crippen molar-refractivity contribution in [2.24, 2.45) is 0 Å². The minimum Gasteiger partial charge on any atom is -0.0622 e. The highest BCUT2D eigenvalue weighted by molar-refractivity contribution is 5.32. The molecule has 0 N–H and O–H groups in total. The van der Waals surface area contributed by atoms with Gasteiger partial charge in [0.05, 0.1) is 0 Å². The van der Waals surface area contributed by atoms with E-state index in [4.69, 9.17) is 0 Å². The lowest BCUT2D eigenvalue weighted by atomic mass is 9.76. The summed E-state index contributed by atoms with van der Waals surface area (Å²) in [6, 6.07) is 18.1. The molecule has 1 aliphatic rings. The summed E-state index contributed by atoms with van der Waals surface area (Å²) in [5.74, 6) is 1.55. The van der Waals surface area contributed by atoms with E-state index in [0.717, 1.165) is 11.8 Å². The van der Waals surface area contributed by atoms with E-state index in [0.29, 0.717) is 0 Å². The Morgan fingerprint density at radius 2 is 1.25 bits per heavy atom. The van der Waals surface area contributed by atoms with E-state index < -0.39 is 0 Å². The van der Waals surface area contributed by atoms with Crippen molar-refractivity contribution in [1.82, 2.24) is 0 Å². The lowest BCUT2D eigenvalue weighted by molar-refractivity contribution is 0.396. The lowest BCUT2D eigenvalue weighted by Gasteiger charge is -2.29. The lowest BCUT2D eigenvalue weighted by Crippen LogP contribution is -2.12. The highest BCUT2D eigenvalue weighted by Gasteiger charge is 2.23. The first-order valence-electron chi connectivity index (χ1n) is 7.86. The Hall–Kier alpha value is -1.56. The van der Waals surface area contributed by atoms with Gasteiger partial charge in [-0.25, -0.2) is 0 Å². The topological polar surface area (TPSA) is 0 Å². The zero-order valence-electron chi connectivity index (χ0n) is 12.6. The van der Waals surface area contributed by atoms with Crippen molar-refractivity contribution < 1.29 is 0 Å². The van der Waals surface area contributed by atoms with Crippen LogP contribution in [0, 0.1) is 13.8 Å². The number of hydrogen-bond donors (Lipinski definition) is 0. The maximum Gasteiger partial charge on any atom is -0.0161 e. The van der Waals surface area contributed by atoms with Crippen LogP contribution in [0.4, 0.5) is 0 Å². The monoisotopic (exact) mass is 264 g/mol. The predicted molar refractivity (Wildman–Crippen MR) is 86.3 cm³/mol. The smallest absolute Gasteiger partial charge is 0.0161 e. The fourth-order valence-electron chi connectivity index (χ4n) is 3.50. The van der Waals surface area contributed by atoms with Gasteiger partial charge in [0, 0.05) is 0 Å². The molecule has 2 aromatic carbocycles. The molecule has 104 valence electrons. The Labute approximate surface area is 122 Å². The normalized spacial score (nSPS) is 22.7. The number of aryl methyl sites for hydroxylation is 2. The molecule has 0 radical (unpaired) electrons. The summed E-state index contributed by atoms with van der Waals surface area (Å²) >= 11 is 0. The van der Waals surface area contributed by atoms with Crippen molar-refractivity contribution in [3.63, 3.8) is 0 Å². The molecule has 0 nitrogen and oxygen atoms in total. The van der Waals surface area contributed by atoms with Gasteiger partial charge in [0.15, 0.2) is 0 Å². The molecule has 0 atom stereocenters. The zero-order chi connectivity index (χ0) is 13.9. The first kappa shape index (κ1) is 13.4. The van der Waals surface area contributed by atoms with E-state index in [-0.39, 0.29) is 0 Å². The summed E-state index contributed by atoms with van der Waals surface area (Å²) in [5.41, 5.74) is 5.94. The van der Waals surface area contributed by atoms with E-state index in [2.05, 4.69) is 62.4 Å². The second-order valence-corrected chi connectivity index (χ2v) is 6.30. The zero-order valence-corrected chi connectivity index (χ0v) is 12.6. The van der Waals surface area contributed by atoms with Gasteiger partial charge in [-0.3, -0.25) is 0 Å². The summed E-state index contributed by atoms with van der Waals surface area (Å²) < 4.78 is 0. The van der Waals surface area contributed by atoms with Gasteiger partial charge in [-0.15, -0.1) is 0 Å². The van der Waals surface area contributed by atoms with Gasteiger partial charge in [-0.1, -0.05) is 48.5 Å². The van der Waals surface area contributed by atoms with Gasteiger partial charge in [-0.2, -0.15) is 0 Å². The SMILES string of the molecule is Cc1ccc(C2CCC(c3ccccc3)CC2)cc1C. The molecule has 0 saturated heterocycles. The second-order valence-electron chi connectivity index (χ2n) is 6.30. The molecule has 0 heterocycles. The molecule has 0 spiro atoms. The minimum atomic E-state index is 0.772. The summed E-state index contributed by atoms with van der Waals surface area (Å²) in [7, 11) is 0. The Morgan fingerprint density at radius 1 is 0.650 bits per heavy atom. The summed E-state index contributed by atoms with van der Waals surface area (Å²) in [4.78, 5) is 0. The average molecular weight is 264 g/mol. The number of hydrogen-bond acceptors (Lipinski definition) is 0. The standard InChI is InChI=1S/C20H24/c1-15-8-9-20(14-16(15)2)19-12-10-18(11-13-19)17-6-4-3-5-7-17/h3-9,14,18-19H,10-13H2,1-2H3. The van der Waals surface area contributed by atoms with E-state index in [1.54, 1.807) is 5.56 Å². The fourth-order valence-corrected chi connectivity index (χ4v) is 3.50. The highest BCUT2D eigenvalue weighted by Crippen LogP contribution is 2.40. The first-order valence-corrected chi connectivity index (χ1v) is 7.86. The van der Waals surface area contributed by atoms with Crippen LogP contribution in [0.25, 0.3) is 0 Å². The Morgan fingerprint density at radius 3 is 1.85 bits per heavy atom. The van der Waals surface area contributed by atoms with Crippen molar-refractivity contribution in [2.75, 3.05) is 0 Å². The molecule has 1 aliphatic carbocycles. The van der Waals surface area contributed by atoms with Crippen molar-refractivity contribution in [1.29, 1.82) is 0 Å². The van der Waals surface area contributed by atoms with Gasteiger partial charge >= 0.3 is 0 Å². The van der Waals surface area contributed by atoms with Crippen LogP contribution in [0.1, 0.15) is 59.8 Å². The van der Waals surface area contributed by atoms with E-state index in [9.17, 15) is 0 Å². The van der Waals surface area contributed by atoms with Crippen LogP contribution in [0.15, 0.2) is 48.5 Å². The molecule has 0 aromatic heterocycles. The maximum atomic E-state index is 2.41. The molecule has 0 unspecified atom stereocenters. The predicted octanol–water partition coefficient (Wildman–Crippen LogP) is 5.74. The molecule has 0 amide bonds. The van der Waals surface area contributed by atoms with Crippen LogP contribution in [-0.4, -0.2) is 0 Å². The molecule has 0 heteroatoms. The minimum absolute atomic E-state index is 0.772. The van der Waals surface area contributed by atoms with Crippen LogP contribution in [0.2, 0.25) is 0 Å². The van der Waals surface area contributed by atoms with E-state index in [1.165, 1.54) is 42.4 Å². The largest absolute Gasteiger partial charge is 0.0622 e. The quantitative estimate of drug-likeness (QED) is 0.648. The highest BCUT2D eigenvalue weighted by atomic mass is 14.3. The molecule has 2 aromatic rings. The summed E-state index contributed by atoms with van der Waals surface area (Å²) in [5, 5.41) is 0. The van der Waals surface area contributed by atoms with Crippen molar-refractivity contribution in [2.45, 2.75) is 51.4 Å². The van der Waals surface area contributed by atoms with Crippen LogP contribution in [0.3, 0.4) is 0 Å². The molecule has 20 heavy (non-hydrogen) atoms. The van der Waals surface area contributed by atoms with E-state index >= 15 is 0 Å². The van der Waals surface area contributed by atoms with Crippen LogP contribution in [0.5, 0.6) is 0 Å². The first-order chi connectivity index (χ1) is 9.74. The Bertz CT molecular complexity index is 560. The molecule has 3 rings (SSSR count). The molecule has 1 fully saturated rings. The van der Waals surface area contributed by atoms with Gasteiger partial charge in [0.1, 0.15) is 0 Å². The van der Waals surface area contributed by atoms with Crippen LogP contribution in [-0.2, 0) is 0 Å². The third-order valence-corrected chi connectivity index (χ3v) is 5.00. The fraction of sp³-hybridized carbons (Fsp3) is 0.400. The Kier molecular flexibility index (Phi) is 3.91. The number of benzene rings is 2. The van der Waals surface area contributed by atoms with Crippen molar-refractivity contribution in [3.05, 3.63) is 70.8 Å². The Balaban J connectivity index is 1.68. The maximum absolute atomic E-state index is 2.41. The third-order valence-electron chi connectivity index (χ3n) is 5.00. The summed E-state index contributed by atoms with van der Waals surface area (Å²) in [6.07, 6.45) is 5.34.